The van der Waals surface area contributed by atoms with Gasteiger partial charge in [0.1, 0.15) is 5.82 Å². The third-order valence-corrected chi connectivity index (χ3v) is 2.52. The van der Waals surface area contributed by atoms with E-state index in [-0.39, 0.29) is 17.6 Å². The molecule has 0 fully saturated rings. The second-order valence-electron chi connectivity index (χ2n) is 3.19. The molecule has 0 atom stereocenters. The third kappa shape index (κ3) is 2.73. The number of hydrogen-bond acceptors (Lipinski definition) is 4. The maximum atomic E-state index is 13.3. The highest BCUT2D eigenvalue weighted by Gasteiger charge is 2.10. The van der Waals surface area contributed by atoms with Crippen molar-refractivity contribution in [1.29, 1.82) is 0 Å². The van der Waals surface area contributed by atoms with Crippen LogP contribution in [0.3, 0.4) is 0 Å². The molecule has 0 bridgehead atoms. The predicted molar refractivity (Wildman–Crippen MR) is 62.7 cm³/mol. The minimum absolute atomic E-state index is 0.139. The highest BCUT2D eigenvalue weighted by molar-refractivity contribution is 9.10. The summed E-state index contributed by atoms with van der Waals surface area (Å²) in [6, 6.07) is 2.72. The number of ether oxygens (including phenoxy) is 2. The van der Waals surface area contributed by atoms with Crippen LogP contribution in [0.4, 0.5) is 8.78 Å². The Morgan fingerprint density at radius 3 is 2.78 bits per heavy atom. The van der Waals surface area contributed by atoms with E-state index in [1.54, 1.807) is 0 Å². The van der Waals surface area contributed by atoms with Crippen LogP contribution in [-0.4, -0.2) is 17.1 Å². The summed E-state index contributed by atoms with van der Waals surface area (Å²) in [5.74, 6) is -1.38. The lowest BCUT2D eigenvalue weighted by Gasteiger charge is -2.07. The Hall–Kier alpha value is -1.76. The van der Waals surface area contributed by atoms with Gasteiger partial charge in [-0.3, -0.25) is 0 Å². The van der Waals surface area contributed by atoms with E-state index in [0.29, 0.717) is 4.47 Å². The number of rotatable bonds is 3. The molecular weight excluding hydrogens is 310 g/mol. The van der Waals surface area contributed by atoms with Crippen LogP contribution < -0.4 is 9.47 Å². The number of nitrogens with zero attached hydrogens (tertiary/aromatic N) is 2. The lowest BCUT2D eigenvalue weighted by atomic mass is 10.3. The SMILES string of the molecule is COc1nc(Oc2cc(F)ccc2F)ncc1Br. The molecule has 7 heteroatoms. The molecule has 0 unspecified atom stereocenters. The van der Waals surface area contributed by atoms with E-state index in [0.717, 1.165) is 18.2 Å². The second-order valence-corrected chi connectivity index (χ2v) is 4.04. The maximum absolute atomic E-state index is 13.3. The third-order valence-electron chi connectivity index (χ3n) is 1.98. The Morgan fingerprint density at radius 1 is 1.28 bits per heavy atom. The van der Waals surface area contributed by atoms with Gasteiger partial charge in [-0.15, -0.1) is 0 Å². The summed E-state index contributed by atoms with van der Waals surface area (Å²) >= 11 is 3.16. The largest absolute Gasteiger partial charge is 0.480 e. The molecule has 0 amide bonds. The molecule has 1 aromatic heterocycles. The molecule has 0 spiro atoms. The summed E-state index contributed by atoms with van der Waals surface area (Å²) in [4.78, 5) is 7.67. The minimum Gasteiger partial charge on any atom is -0.480 e. The normalized spacial score (nSPS) is 10.2. The molecule has 18 heavy (non-hydrogen) atoms. The summed E-state index contributed by atoms with van der Waals surface area (Å²) in [6.45, 7) is 0. The van der Waals surface area contributed by atoms with Crippen LogP contribution in [-0.2, 0) is 0 Å². The zero-order chi connectivity index (χ0) is 13.1. The predicted octanol–water partition coefficient (Wildman–Crippen LogP) is 3.32. The fourth-order valence-corrected chi connectivity index (χ4v) is 1.54. The van der Waals surface area contributed by atoms with Gasteiger partial charge in [-0.1, -0.05) is 0 Å². The molecule has 0 aliphatic carbocycles. The Balaban J connectivity index is 2.31. The quantitative estimate of drug-likeness (QED) is 0.871. The average Bonchev–Trinajstić information content (AvgIpc) is 2.36. The molecule has 0 radical (unpaired) electrons. The standard InChI is InChI=1S/C11H7BrF2N2O2/c1-17-10-7(12)5-15-11(16-10)18-9-4-6(13)2-3-8(9)14/h2-5H,1H3. The number of hydrogen-bond donors (Lipinski definition) is 0. The molecular formula is C11H7BrF2N2O2. The second kappa shape index (κ2) is 5.26. The van der Waals surface area contributed by atoms with E-state index in [2.05, 4.69) is 25.9 Å². The fourth-order valence-electron chi connectivity index (χ4n) is 1.18. The Kier molecular flexibility index (Phi) is 3.71. The zero-order valence-corrected chi connectivity index (χ0v) is 10.7. The highest BCUT2D eigenvalue weighted by atomic mass is 79.9. The number of halogens is 3. The van der Waals surface area contributed by atoms with Gasteiger partial charge in [-0.05, 0) is 28.1 Å². The number of aromatic nitrogens is 2. The van der Waals surface area contributed by atoms with Gasteiger partial charge in [0.25, 0.3) is 0 Å². The van der Waals surface area contributed by atoms with E-state index in [9.17, 15) is 8.78 Å². The smallest absolute Gasteiger partial charge is 0.325 e. The van der Waals surface area contributed by atoms with Gasteiger partial charge in [0.15, 0.2) is 11.6 Å². The molecule has 0 N–H and O–H groups in total. The molecule has 2 aromatic rings. The first-order chi connectivity index (χ1) is 8.60. The van der Waals surface area contributed by atoms with Crippen LogP contribution in [0.25, 0.3) is 0 Å². The van der Waals surface area contributed by atoms with Crippen molar-refractivity contribution in [2.24, 2.45) is 0 Å². The molecule has 94 valence electrons. The molecule has 0 aliphatic rings. The van der Waals surface area contributed by atoms with Gasteiger partial charge in [0.05, 0.1) is 17.8 Å². The van der Waals surface area contributed by atoms with E-state index < -0.39 is 11.6 Å². The van der Waals surface area contributed by atoms with E-state index >= 15 is 0 Å². The zero-order valence-electron chi connectivity index (χ0n) is 9.15. The molecule has 4 nitrogen and oxygen atoms in total. The molecule has 2 rings (SSSR count). The molecule has 0 saturated carbocycles. The van der Waals surface area contributed by atoms with Crippen LogP contribution in [0, 0.1) is 11.6 Å². The van der Waals surface area contributed by atoms with Gasteiger partial charge >= 0.3 is 6.01 Å². The first-order valence-corrected chi connectivity index (χ1v) is 5.59. The Labute approximate surface area is 110 Å². The van der Waals surface area contributed by atoms with Crippen LogP contribution in [0.5, 0.6) is 17.6 Å². The van der Waals surface area contributed by atoms with Crippen molar-refractivity contribution in [1.82, 2.24) is 9.97 Å². The van der Waals surface area contributed by atoms with Gasteiger partial charge < -0.3 is 9.47 Å². The summed E-state index contributed by atoms with van der Waals surface area (Å²) < 4.78 is 36.8. The van der Waals surface area contributed by atoms with Crippen molar-refractivity contribution in [3.8, 4) is 17.6 Å². The van der Waals surface area contributed by atoms with Crippen molar-refractivity contribution in [3.63, 3.8) is 0 Å². The van der Waals surface area contributed by atoms with E-state index in [1.807, 2.05) is 0 Å². The molecule has 0 saturated heterocycles. The number of methoxy groups -OCH3 is 1. The highest BCUT2D eigenvalue weighted by Crippen LogP contribution is 2.27. The fraction of sp³-hybridized carbons (Fsp3) is 0.0909. The Morgan fingerprint density at radius 2 is 2.06 bits per heavy atom. The van der Waals surface area contributed by atoms with E-state index in [1.165, 1.54) is 13.3 Å². The molecule has 1 aromatic carbocycles. The summed E-state index contributed by atoms with van der Waals surface area (Å²) in [5, 5.41) is 0. The molecule has 0 aliphatic heterocycles. The number of benzene rings is 1. The Bertz CT molecular complexity index is 581. The minimum atomic E-state index is -0.707. The summed E-state index contributed by atoms with van der Waals surface area (Å²) in [5.41, 5.74) is 0. The van der Waals surface area contributed by atoms with E-state index in [4.69, 9.17) is 9.47 Å². The van der Waals surface area contributed by atoms with Crippen molar-refractivity contribution in [2.75, 3.05) is 7.11 Å². The van der Waals surface area contributed by atoms with Gasteiger partial charge in [-0.25, -0.2) is 13.8 Å². The topological polar surface area (TPSA) is 44.2 Å². The summed E-state index contributed by atoms with van der Waals surface area (Å²) in [6.07, 6.45) is 1.39. The maximum Gasteiger partial charge on any atom is 0.325 e. The average molecular weight is 317 g/mol. The lowest BCUT2D eigenvalue weighted by molar-refractivity contribution is 0.365. The van der Waals surface area contributed by atoms with Crippen molar-refractivity contribution >= 4 is 15.9 Å². The van der Waals surface area contributed by atoms with Crippen molar-refractivity contribution in [3.05, 3.63) is 40.5 Å². The first kappa shape index (κ1) is 12.7. The van der Waals surface area contributed by atoms with Crippen LogP contribution in [0.2, 0.25) is 0 Å². The monoisotopic (exact) mass is 316 g/mol. The summed E-state index contributed by atoms with van der Waals surface area (Å²) in [7, 11) is 1.42. The van der Waals surface area contributed by atoms with Gasteiger partial charge in [0, 0.05) is 6.07 Å². The van der Waals surface area contributed by atoms with Crippen LogP contribution in [0.1, 0.15) is 0 Å². The van der Waals surface area contributed by atoms with Crippen LogP contribution in [0.15, 0.2) is 28.9 Å². The lowest BCUT2D eigenvalue weighted by Crippen LogP contribution is -1.97. The van der Waals surface area contributed by atoms with Crippen molar-refractivity contribution < 1.29 is 18.3 Å². The van der Waals surface area contributed by atoms with Gasteiger partial charge in [-0.2, -0.15) is 4.98 Å². The van der Waals surface area contributed by atoms with Crippen LogP contribution >= 0.6 is 15.9 Å². The molecule has 1 heterocycles. The van der Waals surface area contributed by atoms with Crippen molar-refractivity contribution in [2.45, 2.75) is 0 Å². The first-order valence-electron chi connectivity index (χ1n) is 4.79. The van der Waals surface area contributed by atoms with Gasteiger partial charge in [0.2, 0.25) is 5.88 Å².